The third-order valence-electron chi connectivity index (χ3n) is 6.99. The van der Waals surface area contributed by atoms with E-state index in [9.17, 15) is 9.59 Å². The summed E-state index contributed by atoms with van der Waals surface area (Å²) in [6.07, 6.45) is 34.5. The molecule has 0 fully saturated rings. The quantitative estimate of drug-likeness (QED) is 0.0666. The maximum absolute atomic E-state index is 10.3. The molecule has 0 saturated carbocycles. The van der Waals surface area contributed by atoms with Crippen LogP contribution in [0.25, 0.3) is 0 Å². The van der Waals surface area contributed by atoms with Gasteiger partial charge in [-0.25, -0.2) is 0 Å². The molecule has 2 N–H and O–H groups in total. The third-order valence-corrected chi connectivity index (χ3v) is 6.99. The zero-order valence-corrected chi connectivity index (χ0v) is 27.9. The molecule has 0 aliphatic heterocycles. The predicted octanol–water partition coefficient (Wildman–Crippen LogP) is 10.7. The van der Waals surface area contributed by atoms with Crippen molar-refractivity contribution in [3.05, 3.63) is 0 Å². The van der Waals surface area contributed by atoms with Crippen LogP contribution in [0.3, 0.4) is 0 Å². The van der Waals surface area contributed by atoms with Crippen LogP contribution in [0.15, 0.2) is 0 Å². The normalized spacial score (nSPS) is 10.4. The number of carboxylic acid groups (broad SMARTS) is 2. The van der Waals surface area contributed by atoms with Crippen LogP contribution in [0.2, 0.25) is 0 Å². The van der Waals surface area contributed by atoms with Gasteiger partial charge in [-0.2, -0.15) is 0 Å². The predicted molar refractivity (Wildman–Crippen MR) is 162 cm³/mol. The molecule has 220 valence electrons. The van der Waals surface area contributed by atoms with Gasteiger partial charge in [0.25, 0.3) is 0 Å². The Bertz CT molecular complexity index is 403. The fourth-order valence-electron chi connectivity index (χ4n) is 4.59. The third kappa shape index (κ3) is 46.0. The van der Waals surface area contributed by atoms with Gasteiger partial charge in [0.1, 0.15) is 0 Å². The van der Waals surface area contributed by atoms with Crippen LogP contribution < -0.4 is 0 Å². The fourth-order valence-corrected chi connectivity index (χ4v) is 4.59. The van der Waals surface area contributed by atoms with Crippen molar-refractivity contribution < 1.29 is 19.8 Å². The summed E-state index contributed by atoms with van der Waals surface area (Å²) >= 11 is 0. The van der Waals surface area contributed by atoms with Crippen LogP contribution in [-0.4, -0.2) is 46.1 Å². The second kappa shape index (κ2) is 37.9. The Morgan fingerprint density at radius 3 is 0.676 bits per heavy atom. The zero-order chi connectivity index (χ0) is 27.0. The van der Waals surface area contributed by atoms with Gasteiger partial charge in [0.05, 0.1) is 0 Å². The molecule has 0 saturated heterocycles. The van der Waals surface area contributed by atoms with Gasteiger partial charge in [-0.3, -0.25) is 9.59 Å². The molecule has 0 atom stereocenters. The van der Waals surface area contributed by atoms with E-state index in [2.05, 4.69) is 13.8 Å². The molecular weight excluding hydrogens is 567 g/mol. The van der Waals surface area contributed by atoms with Gasteiger partial charge < -0.3 is 10.2 Å². The molecule has 0 aliphatic rings. The Hall–Kier alpha value is -0.261. The van der Waals surface area contributed by atoms with Gasteiger partial charge in [-0.1, -0.05) is 168 Å². The van der Waals surface area contributed by atoms with E-state index in [4.69, 9.17) is 10.2 Å². The largest absolute Gasteiger partial charge is 0.481 e. The maximum atomic E-state index is 10.3. The van der Waals surface area contributed by atoms with Crippen LogP contribution in [0.5, 0.6) is 0 Å². The molecule has 0 spiro atoms. The molecular formula is C32H64O4Sn. The van der Waals surface area contributed by atoms with Gasteiger partial charge in [0, 0.05) is 36.7 Å². The van der Waals surface area contributed by atoms with E-state index in [0.29, 0.717) is 12.8 Å². The van der Waals surface area contributed by atoms with Gasteiger partial charge in [0.2, 0.25) is 0 Å². The fraction of sp³-hybridized carbons (Fsp3) is 0.938. The summed E-state index contributed by atoms with van der Waals surface area (Å²) in [7, 11) is 0. The average molecular weight is 632 g/mol. The smallest absolute Gasteiger partial charge is 0.303 e. The van der Waals surface area contributed by atoms with E-state index in [0.717, 1.165) is 25.7 Å². The Kier molecular flexibility index (Phi) is 42.2. The van der Waals surface area contributed by atoms with Crippen molar-refractivity contribution in [3.8, 4) is 0 Å². The SMILES string of the molecule is CCCCCCCCCCCCCCCC(=O)O.CCCCCCCCCCCCCCCC(=O)O.[Sn]. The van der Waals surface area contributed by atoms with Crippen molar-refractivity contribution in [2.24, 2.45) is 0 Å². The first-order valence-corrected chi connectivity index (χ1v) is 16.0. The molecule has 4 radical (unpaired) electrons. The van der Waals surface area contributed by atoms with E-state index in [1.165, 1.54) is 141 Å². The standard InChI is InChI=1S/2C16H32O2.Sn/c2*1-2-3-4-5-6-7-8-9-10-11-12-13-14-15-16(17)18;/h2*2-15H2,1H3,(H,17,18);. The van der Waals surface area contributed by atoms with Gasteiger partial charge in [0.15, 0.2) is 0 Å². The molecule has 0 aliphatic carbocycles. The Labute approximate surface area is 248 Å². The van der Waals surface area contributed by atoms with E-state index >= 15 is 0 Å². The summed E-state index contributed by atoms with van der Waals surface area (Å²) in [5.41, 5.74) is 0. The molecule has 0 unspecified atom stereocenters. The minimum absolute atomic E-state index is 0. The average Bonchev–Trinajstić information content (AvgIpc) is 2.85. The first-order chi connectivity index (χ1) is 17.5. The zero-order valence-electron chi connectivity index (χ0n) is 25.0. The van der Waals surface area contributed by atoms with Crippen molar-refractivity contribution in [1.82, 2.24) is 0 Å². The van der Waals surface area contributed by atoms with E-state index in [1.807, 2.05) is 0 Å². The van der Waals surface area contributed by atoms with Crippen LogP contribution in [-0.2, 0) is 9.59 Å². The Balaban J connectivity index is -0.000000608. The Morgan fingerprint density at radius 1 is 0.351 bits per heavy atom. The van der Waals surface area contributed by atoms with Crippen LogP contribution in [0, 0.1) is 0 Å². The number of aliphatic carboxylic acids is 2. The molecule has 0 aromatic carbocycles. The number of hydrogen-bond donors (Lipinski definition) is 2. The van der Waals surface area contributed by atoms with Gasteiger partial charge in [-0.05, 0) is 12.8 Å². The van der Waals surface area contributed by atoms with Crippen molar-refractivity contribution in [2.75, 3.05) is 0 Å². The topological polar surface area (TPSA) is 74.6 Å². The first-order valence-electron chi connectivity index (χ1n) is 16.0. The summed E-state index contributed by atoms with van der Waals surface area (Å²) in [6, 6.07) is 0. The molecule has 0 amide bonds. The minimum Gasteiger partial charge on any atom is -0.481 e. The summed E-state index contributed by atoms with van der Waals surface area (Å²) in [4.78, 5) is 20.6. The molecule has 0 rings (SSSR count). The van der Waals surface area contributed by atoms with E-state index in [-0.39, 0.29) is 23.9 Å². The summed E-state index contributed by atoms with van der Waals surface area (Å²) in [5.74, 6) is -1.31. The molecule has 0 aromatic rings. The molecule has 0 bridgehead atoms. The second-order valence-corrected chi connectivity index (χ2v) is 10.8. The number of rotatable bonds is 28. The van der Waals surface area contributed by atoms with Crippen molar-refractivity contribution in [1.29, 1.82) is 0 Å². The van der Waals surface area contributed by atoms with Crippen LogP contribution in [0.1, 0.15) is 194 Å². The van der Waals surface area contributed by atoms with E-state index in [1.54, 1.807) is 0 Å². The number of unbranched alkanes of at least 4 members (excludes halogenated alkanes) is 24. The number of carboxylic acids is 2. The van der Waals surface area contributed by atoms with Crippen molar-refractivity contribution in [3.63, 3.8) is 0 Å². The maximum Gasteiger partial charge on any atom is 0.303 e. The van der Waals surface area contributed by atoms with Crippen molar-refractivity contribution in [2.45, 2.75) is 194 Å². The van der Waals surface area contributed by atoms with Crippen LogP contribution in [0.4, 0.5) is 0 Å². The summed E-state index contributed by atoms with van der Waals surface area (Å²) in [5, 5.41) is 17.0. The molecule has 37 heavy (non-hydrogen) atoms. The molecule has 4 nitrogen and oxygen atoms in total. The van der Waals surface area contributed by atoms with Gasteiger partial charge >= 0.3 is 11.9 Å². The molecule has 5 heteroatoms. The van der Waals surface area contributed by atoms with Gasteiger partial charge in [-0.15, -0.1) is 0 Å². The monoisotopic (exact) mass is 632 g/mol. The first kappa shape index (κ1) is 41.2. The number of hydrogen-bond acceptors (Lipinski definition) is 2. The minimum atomic E-state index is -0.655. The van der Waals surface area contributed by atoms with Crippen LogP contribution >= 0.6 is 0 Å². The summed E-state index contributed by atoms with van der Waals surface area (Å²) in [6.45, 7) is 4.52. The second-order valence-electron chi connectivity index (χ2n) is 10.8. The van der Waals surface area contributed by atoms with Crippen molar-refractivity contribution >= 4 is 35.8 Å². The molecule has 0 aromatic heterocycles. The van der Waals surface area contributed by atoms with E-state index < -0.39 is 11.9 Å². The number of carbonyl (C=O) groups is 2. The Morgan fingerprint density at radius 2 is 0.514 bits per heavy atom. The molecule has 0 heterocycles. The summed E-state index contributed by atoms with van der Waals surface area (Å²) < 4.78 is 0.